The summed E-state index contributed by atoms with van der Waals surface area (Å²) >= 11 is 0. The first-order valence-electron chi connectivity index (χ1n) is 9.00. The molecule has 0 unspecified atom stereocenters. The molecule has 0 N–H and O–H groups in total. The summed E-state index contributed by atoms with van der Waals surface area (Å²) in [6, 6.07) is 7.50. The second kappa shape index (κ2) is 8.03. The van der Waals surface area contributed by atoms with Gasteiger partial charge in [-0.15, -0.1) is 0 Å². The van der Waals surface area contributed by atoms with Crippen LogP contribution in [0.4, 0.5) is 23.2 Å². The van der Waals surface area contributed by atoms with Gasteiger partial charge in [0.1, 0.15) is 0 Å². The van der Waals surface area contributed by atoms with Crippen LogP contribution in [-0.4, -0.2) is 24.7 Å². The third kappa shape index (κ3) is 3.48. The standard InChI is InChI=1S/C22H17F4NO2/c1-3-27(4-2)13-10-8-12(9-11-13)6-5-7-14-21(28)15-16(22(14)29)18(24)20(26)19(25)17(15)23/h5-11H,3-4H2,1-2H3. The Labute approximate surface area is 164 Å². The first-order valence-corrected chi connectivity index (χ1v) is 9.00. The Hall–Kier alpha value is -3.22. The highest BCUT2D eigenvalue weighted by molar-refractivity contribution is 6.39. The third-order valence-electron chi connectivity index (χ3n) is 4.78. The van der Waals surface area contributed by atoms with Crippen LogP contribution in [0.3, 0.4) is 0 Å². The van der Waals surface area contributed by atoms with Crippen LogP contribution in [0.5, 0.6) is 0 Å². The lowest BCUT2D eigenvalue weighted by Crippen LogP contribution is -2.21. The molecule has 0 heterocycles. The fourth-order valence-electron chi connectivity index (χ4n) is 3.22. The zero-order valence-corrected chi connectivity index (χ0v) is 15.7. The van der Waals surface area contributed by atoms with Crippen LogP contribution in [0.25, 0.3) is 6.08 Å². The number of ketones is 2. The molecule has 3 rings (SSSR count). The van der Waals surface area contributed by atoms with Gasteiger partial charge in [-0.2, -0.15) is 0 Å². The van der Waals surface area contributed by atoms with Gasteiger partial charge in [0.25, 0.3) is 0 Å². The second-order valence-electron chi connectivity index (χ2n) is 6.37. The highest BCUT2D eigenvalue weighted by atomic mass is 19.2. The van der Waals surface area contributed by atoms with Crippen molar-refractivity contribution in [3.05, 3.63) is 81.9 Å². The molecule has 2 aromatic carbocycles. The van der Waals surface area contributed by atoms with Crippen molar-refractivity contribution in [2.45, 2.75) is 13.8 Å². The van der Waals surface area contributed by atoms with Gasteiger partial charge < -0.3 is 4.90 Å². The molecule has 1 aliphatic rings. The summed E-state index contributed by atoms with van der Waals surface area (Å²) in [5, 5.41) is 0. The summed E-state index contributed by atoms with van der Waals surface area (Å²) in [6.45, 7) is 5.80. The molecule has 0 bridgehead atoms. The first kappa shape index (κ1) is 20.5. The first-order chi connectivity index (χ1) is 13.8. The van der Waals surface area contributed by atoms with Crippen molar-refractivity contribution >= 4 is 23.3 Å². The summed E-state index contributed by atoms with van der Waals surface area (Å²) in [5.41, 5.74) is -0.900. The molecule has 0 aliphatic heterocycles. The van der Waals surface area contributed by atoms with E-state index < -0.39 is 51.5 Å². The molecule has 0 fully saturated rings. The second-order valence-corrected chi connectivity index (χ2v) is 6.37. The van der Waals surface area contributed by atoms with Crippen molar-refractivity contribution in [2.75, 3.05) is 18.0 Å². The summed E-state index contributed by atoms with van der Waals surface area (Å²) < 4.78 is 54.6. The van der Waals surface area contributed by atoms with Crippen LogP contribution < -0.4 is 4.90 Å². The normalized spacial score (nSPS) is 13.4. The fourth-order valence-corrected chi connectivity index (χ4v) is 3.22. The Morgan fingerprint density at radius 1 is 0.793 bits per heavy atom. The Morgan fingerprint density at radius 2 is 1.28 bits per heavy atom. The minimum atomic E-state index is -2.12. The van der Waals surface area contributed by atoms with E-state index >= 15 is 0 Å². The monoisotopic (exact) mass is 403 g/mol. The van der Waals surface area contributed by atoms with Gasteiger partial charge in [-0.1, -0.05) is 24.3 Å². The van der Waals surface area contributed by atoms with Crippen LogP contribution in [0, 0.1) is 23.3 Å². The van der Waals surface area contributed by atoms with Gasteiger partial charge in [0.2, 0.25) is 11.6 Å². The average molecular weight is 403 g/mol. The number of rotatable bonds is 5. The highest BCUT2D eigenvalue weighted by Crippen LogP contribution is 2.33. The van der Waals surface area contributed by atoms with E-state index in [1.165, 1.54) is 6.08 Å². The van der Waals surface area contributed by atoms with Crippen LogP contribution >= 0.6 is 0 Å². The zero-order valence-electron chi connectivity index (χ0n) is 15.7. The molecule has 7 heteroatoms. The van der Waals surface area contributed by atoms with E-state index in [-0.39, 0.29) is 0 Å². The molecule has 2 aromatic rings. The number of Topliss-reactive ketones (excluding diaryl/α,β-unsaturated/α-hetero) is 2. The minimum Gasteiger partial charge on any atom is -0.372 e. The number of hydrogen-bond donors (Lipinski definition) is 0. The summed E-state index contributed by atoms with van der Waals surface area (Å²) in [6.07, 6.45) is 4.04. The highest BCUT2D eigenvalue weighted by Gasteiger charge is 2.41. The van der Waals surface area contributed by atoms with Crippen molar-refractivity contribution in [3.63, 3.8) is 0 Å². The number of allylic oxidation sites excluding steroid dienone is 3. The molecule has 3 nitrogen and oxygen atoms in total. The molecule has 0 saturated heterocycles. The van der Waals surface area contributed by atoms with Crippen molar-refractivity contribution in [1.82, 2.24) is 0 Å². The predicted molar refractivity (Wildman–Crippen MR) is 102 cm³/mol. The molecule has 0 radical (unpaired) electrons. The van der Waals surface area contributed by atoms with E-state index in [9.17, 15) is 27.2 Å². The van der Waals surface area contributed by atoms with Gasteiger partial charge >= 0.3 is 0 Å². The fraction of sp³-hybridized carbons (Fsp3) is 0.182. The number of carbonyl (C=O) groups excluding carboxylic acids is 2. The van der Waals surface area contributed by atoms with Gasteiger partial charge in [0.05, 0.1) is 16.7 Å². The third-order valence-corrected chi connectivity index (χ3v) is 4.78. The molecular weight excluding hydrogens is 386 g/mol. The maximum absolute atomic E-state index is 13.9. The van der Waals surface area contributed by atoms with E-state index in [1.807, 2.05) is 38.1 Å². The number of hydrogen-bond acceptors (Lipinski definition) is 3. The Balaban J connectivity index is 1.88. The summed E-state index contributed by atoms with van der Waals surface area (Å²) in [5.74, 6) is -10.3. The molecule has 29 heavy (non-hydrogen) atoms. The minimum absolute atomic E-state index is 0.557. The lowest BCUT2D eigenvalue weighted by Gasteiger charge is -2.20. The molecule has 0 amide bonds. The van der Waals surface area contributed by atoms with Crippen molar-refractivity contribution in [1.29, 1.82) is 0 Å². The maximum Gasteiger partial charge on any atom is 0.200 e. The average Bonchev–Trinajstić information content (AvgIpc) is 2.97. The number of nitrogens with zero attached hydrogens (tertiary/aromatic N) is 1. The van der Waals surface area contributed by atoms with Gasteiger partial charge in [0.15, 0.2) is 23.3 Å². The molecule has 1 aliphatic carbocycles. The number of fused-ring (bicyclic) bond motifs is 1. The lowest BCUT2D eigenvalue weighted by atomic mass is 10.1. The number of anilines is 1. The SMILES string of the molecule is CCN(CC)c1ccc(C=CC=C2C(=O)c3c(F)c(F)c(F)c(F)c3C2=O)cc1. The smallest absolute Gasteiger partial charge is 0.200 e. The lowest BCUT2D eigenvalue weighted by molar-refractivity contribution is 0.0986. The number of carbonyl (C=O) groups is 2. The van der Waals surface area contributed by atoms with E-state index in [0.717, 1.165) is 30.4 Å². The Morgan fingerprint density at radius 3 is 1.72 bits per heavy atom. The van der Waals surface area contributed by atoms with Crippen LogP contribution in [0.1, 0.15) is 40.1 Å². The van der Waals surface area contributed by atoms with Crippen molar-refractivity contribution in [2.24, 2.45) is 0 Å². The zero-order chi connectivity index (χ0) is 21.3. The van der Waals surface area contributed by atoms with Crippen LogP contribution in [-0.2, 0) is 0 Å². The quantitative estimate of drug-likeness (QED) is 0.229. The van der Waals surface area contributed by atoms with Crippen LogP contribution in [0.15, 0.2) is 42.0 Å². The maximum atomic E-state index is 13.9. The van der Waals surface area contributed by atoms with E-state index in [1.54, 1.807) is 6.08 Å². The predicted octanol–water partition coefficient (Wildman–Crippen LogP) is 5.11. The van der Waals surface area contributed by atoms with Gasteiger partial charge in [-0.25, -0.2) is 17.6 Å². The Bertz CT molecular complexity index is 1000. The van der Waals surface area contributed by atoms with Crippen molar-refractivity contribution in [3.8, 4) is 0 Å². The summed E-state index contributed by atoms with van der Waals surface area (Å²) in [4.78, 5) is 26.7. The van der Waals surface area contributed by atoms with Crippen molar-refractivity contribution < 1.29 is 27.2 Å². The summed E-state index contributed by atoms with van der Waals surface area (Å²) in [7, 11) is 0. The van der Waals surface area contributed by atoms with Gasteiger partial charge in [-0.05, 0) is 37.6 Å². The van der Waals surface area contributed by atoms with E-state index in [4.69, 9.17) is 0 Å². The number of halogens is 4. The molecule has 0 aromatic heterocycles. The largest absolute Gasteiger partial charge is 0.372 e. The van der Waals surface area contributed by atoms with E-state index in [0.29, 0.717) is 0 Å². The van der Waals surface area contributed by atoms with E-state index in [2.05, 4.69) is 4.90 Å². The molecule has 0 saturated carbocycles. The topological polar surface area (TPSA) is 37.4 Å². The van der Waals surface area contributed by atoms with Gasteiger partial charge in [-0.3, -0.25) is 9.59 Å². The molecule has 0 atom stereocenters. The molecule has 0 spiro atoms. The van der Waals surface area contributed by atoms with Gasteiger partial charge in [0, 0.05) is 18.8 Å². The molecular formula is C22H17F4NO2. The van der Waals surface area contributed by atoms with Crippen LogP contribution in [0.2, 0.25) is 0 Å². The number of benzene rings is 2. The Kier molecular flexibility index (Phi) is 5.68. The molecule has 150 valence electrons.